The highest BCUT2D eigenvalue weighted by Gasteiger charge is 2.39. The second-order valence-electron chi connectivity index (χ2n) is 31.3. The number of hydrogen-bond donors (Lipinski definition) is 0. The number of unbranched alkanes of at least 4 members (excludes halogenated alkanes) is 2. The number of halogens is 1. The van der Waals surface area contributed by atoms with Gasteiger partial charge in [-0.1, -0.05) is 301 Å². The largest absolute Gasteiger partial charge is 0.311 e. The first-order valence-electron chi connectivity index (χ1n) is 39.7. The Morgan fingerprint density at radius 3 is 1.01 bits per heavy atom. The van der Waals surface area contributed by atoms with Crippen molar-refractivity contribution in [3.8, 4) is 39.1 Å². The Hall–Kier alpha value is -12.6. The van der Waals surface area contributed by atoms with Crippen molar-refractivity contribution in [3.63, 3.8) is 0 Å². The molecule has 0 atom stereocenters. The van der Waals surface area contributed by atoms with Crippen LogP contribution in [-0.2, 0) is 17.3 Å². The van der Waals surface area contributed by atoms with Crippen LogP contribution in [0.25, 0.3) is 126 Å². The quantitative estimate of drug-likeness (QED) is 0.133. The molecule has 3 nitrogen and oxygen atoms in total. The summed E-state index contributed by atoms with van der Waals surface area (Å²) in [6, 6.07) is 133. The van der Waals surface area contributed by atoms with Crippen molar-refractivity contribution in [2.24, 2.45) is 0 Å². The predicted octanol–water partition coefficient (Wildman–Crippen LogP) is 31.2. The molecule has 0 bridgehead atoms. The Labute approximate surface area is 665 Å². The molecule has 3 aliphatic rings. The average molecular weight is 1510 g/mol. The molecule has 22 rings (SSSR count). The maximum absolute atomic E-state index is 3.49. The lowest BCUT2D eigenvalue weighted by Gasteiger charge is -2.25. The van der Waals surface area contributed by atoms with Crippen LogP contribution in [0.2, 0.25) is 0 Å². The van der Waals surface area contributed by atoms with Gasteiger partial charge in [0.05, 0.1) is 11.0 Å². The zero-order valence-electron chi connectivity index (χ0n) is 64.2. The van der Waals surface area contributed by atoms with Crippen LogP contribution in [0.4, 0.5) is 34.1 Å². The molecule has 0 spiro atoms. The summed E-state index contributed by atoms with van der Waals surface area (Å²) in [6.45, 7) is 13.9. The zero-order valence-corrected chi connectivity index (χ0v) is 65.8. The first kappa shape index (κ1) is 69.8. The zero-order chi connectivity index (χ0) is 75.8. The summed E-state index contributed by atoms with van der Waals surface area (Å²) in [4.78, 5) is 4.57. The molecule has 0 amide bonds. The Kier molecular flexibility index (Phi) is 17.9. The Bertz CT molecular complexity index is 6740. The summed E-state index contributed by atoms with van der Waals surface area (Å²) < 4.78 is 3.59. The van der Waals surface area contributed by atoms with Crippen molar-refractivity contribution >= 4 is 136 Å². The summed E-state index contributed by atoms with van der Waals surface area (Å²) >= 11 is 3.49. The van der Waals surface area contributed by atoms with Gasteiger partial charge < -0.3 is 14.4 Å². The average Bonchev–Trinajstić information content (AvgIpc) is 1.49. The van der Waals surface area contributed by atoms with Gasteiger partial charge in [0.25, 0.3) is 0 Å². The van der Waals surface area contributed by atoms with Gasteiger partial charge in [-0.15, -0.1) is 0 Å². The lowest BCUT2D eigenvalue weighted by molar-refractivity contribution is 0.659. The summed E-state index contributed by atoms with van der Waals surface area (Å²) in [5, 5.41) is 18.4. The van der Waals surface area contributed by atoms with E-state index in [4.69, 9.17) is 0 Å². The van der Waals surface area contributed by atoms with Crippen molar-refractivity contribution in [1.82, 2.24) is 4.57 Å². The summed E-state index contributed by atoms with van der Waals surface area (Å²) in [7, 11) is 0. The van der Waals surface area contributed by atoms with Crippen molar-refractivity contribution in [1.29, 1.82) is 0 Å². The highest BCUT2D eigenvalue weighted by atomic mass is 79.9. The Balaban J connectivity index is 0.000000122. The number of anilines is 6. The van der Waals surface area contributed by atoms with Gasteiger partial charge in [-0.2, -0.15) is 0 Å². The van der Waals surface area contributed by atoms with Gasteiger partial charge in [0, 0.05) is 65.9 Å². The topological polar surface area (TPSA) is 11.4 Å². The first-order chi connectivity index (χ1) is 54.9. The van der Waals surface area contributed by atoms with Gasteiger partial charge in [0.1, 0.15) is 0 Å². The minimum atomic E-state index is -0.103. The molecule has 112 heavy (non-hydrogen) atoms. The monoisotopic (exact) mass is 1500 g/mol. The fraction of sp³-hybridized carbons (Fsp3) is 0.111. The van der Waals surface area contributed by atoms with Crippen molar-refractivity contribution < 1.29 is 0 Å². The molecular formula is C108H86BrN3. The highest BCUT2D eigenvalue weighted by molar-refractivity contribution is 9.10. The molecule has 540 valence electrons. The molecule has 0 fully saturated rings. The second kappa shape index (κ2) is 28.7. The van der Waals surface area contributed by atoms with Crippen molar-refractivity contribution in [3.05, 3.63) is 402 Å². The van der Waals surface area contributed by atoms with Gasteiger partial charge >= 0.3 is 0 Å². The predicted molar refractivity (Wildman–Crippen MR) is 484 cm³/mol. The van der Waals surface area contributed by atoms with E-state index in [0.29, 0.717) is 0 Å². The molecule has 4 heteroatoms. The smallest absolute Gasteiger partial charge is 0.0547 e. The van der Waals surface area contributed by atoms with Crippen LogP contribution in [0.3, 0.4) is 0 Å². The fourth-order valence-electron chi connectivity index (χ4n) is 18.6. The molecule has 1 heterocycles. The SMILES string of the molecule is Brc1ccc(N(c2ccccc2)c2ccccc2)cc1.CC1(C)c2ccccc2-c2cc3c(cc21)Cc1cc2c4ccccc4c4ccccc4c2cc1-3.CC1(C)c2ccccc2-c2cc3c4cc5c6ccccc6c6ccccc6c5cc4n(-c4ccc(N(c5ccccc5)c5ccccc5)cc4)c3cc21.CCCCC. The van der Waals surface area contributed by atoms with Gasteiger partial charge in [-0.05, 0) is 277 Å². The number of fused-ring (bicyclic) bond motifs is 24. The van der Waals surface area contributed by atoms with E-state index >= 15 is 0 Å². The first-order valence-corrected chi connectivity index (χ1v) is 40.5. The summed E-state index contributed by atoms with van der Waals surface area (Å²) in [5.41, 5.74) is 27.3. The number of benzene rings is 18. The third-order valence-corrected chi connectivity index (χ3v) is 24.5. The van der Waals surface area contributed by atoms with Crippen LogP contribution >= 0.6 is 15.9 Å². The van der Waals surface area contributed by atoms with Crippen LogP contribution < -0.4 is 9.80 Å². The molecule has 3 aliphatic carbocycles. The Morgan fingerprint density at radius 1 is 0.259 bits per heavy atom. The molecule has 0 saturated carbocycles. The maximum atomic E-state index is 3.49. The third-order valence-electron chi connectivity index (χ3n) is 24.0. The molecule has 0 N–H and O–H groups in total. The number of hydrogen-bond acceptors (Lipinski definition) is 2. The van der Waals surface area contributed by atoms with E-state index in [9.17, 15) is 0 Å². The number of aromatic nitrogens is 1. The molecule has 1 aromatic heterocycles. The standard InChI is InChI=1S/C51H36N2.C34H24.C18H14BrN.C5H12/c1-51(2)47-24-14-13-23-41(47)44-30-46-45-29-42-39-21-11-9-19-37(39)38-20-10-12-22-40(38)43(42)31-49(45)53(50(46)32-48(44)51)36-27-25-35(26-28-36)52(33-15-5-3-6-16-33)34-17-7-4-8-18-34;1-34(2)32-14-8-7-13-26(32)31-19-28-21(17-33(31)34)15-20-16-29-24-11-5-3-9-22(24)23-10-4-6-12-25(23)30(29)18-27(20)28;19-15-11-13-18(14-12-15)20(16-7-3-1-4-8-16)17-9-5-2-6-10-17;1-3-5-4-2/h3-32H,1-2H3;3-14,16-19H,15H2,1-2H3;1-14H;3-5H2,1-2H3. The highest BCUT2D eigenvalue weighted by Crippen LogP contribution is 2.55. The minimum Gasteiger partial charge on any atom is -0.311 e. The van der Waals surface area contributed by atoms with Crippen LogP contribution in [0.15, 0.2) is 368 Å². The van der Waals surface area contributed by atoms with E-state index in [1.807, 2.05) is 12.1 Å². The van der Waals surface area contributed by atoms with Crippen LogP contribution in [0.5, 0.6) is 0 Å². The number of nitrogens with zero attached hydrogens (tertiary/aromatic N) is 3. The van der Waals surface area contributed by atoms with Gasteiger partial charge in [0.15, 0.2) is 0 Å². The van der Waals surface area contributed by atoms with Crippen molar-refractivity contribution in [2.45, 2.75) is 78.1 Å². The van der Waals surface area contributed by atoms with E-state index in [1.54, 1.807) is 0 Å². The molecule has 0 radical (unpaired) electrons. The number of para-hydroxylation sites is 4. The lowest BCUT2D eigenvalue weighted by Crippen LogP contribution is -2.15. The molecule has 0 unspecified atom stereocenters. The van der Waals surface area contributed by atoms with Gasteiger partial charge in [-0.25, -0.2) is 0 Å². The van der Waals surface area contributed by atoms with Crippen LogP contribution in [0.1, 0.15) is 94.2 Å². The third kappa shape index (κ3) is 11.9. The lowest BCUT2D eigenvalue weighted by atomic mass is 9.81. The second-order valence-corrected chi connectivity index (χ2v) is 32.3. The van der Waals surface area contributed by atoms with E-state index in [-0.39, 0.29) is 10.8 Å². The van der Waals surface area contributed by atoms with Gasteiger partial charge in [-0.3, -0.25) is 0 Å². The Morgan fingerprint density at radius 2 is 0.571 bits per heavy atom. The molecule has 19 aromatic rings. The van der Waals surface area contributed by atoms with E-state index in [1.165, 1.54) is 172 Å². The minimum absolute atomic E-state index is 0.0485. The molecule has 18 aromatic carbocycles. The molecular weight excluding hydrogens is 1420 g/mol. The molecule has 0 aliphatic heterocycles. The van der Waals surface area contributed by atoms with E-state index < -0.39 is 0 Å². The van der Waals surface area contributed by atoms with Crippen molar-refractivity contribution in [2.75, 3.05) is 9.80 Å². The van der Waals surface area contributed by atoms with E-state index in [2.05, 4.69) is 424 Å². The fourth-order valence-corrected chi connectivity index (χ4v) is 18.8. The molecule has 0 saturated heterocycles. The number of rotatable bonds is 9. The van der Waals surface area contributed by atoms with Crippen LogP contribution in [0, 0.1) is 0 Å². The van der Waals surface area contributed by atoms with E-state index in [0.717, 1.165) is 50.7 Å². The maximum Gasteiger partial charge on any atom is 0.0547 e. The normalized spacial score (nSPS) is 13.0. The van der Waals surface area contributed by atoms with Gasteiger partial charge in [0.2, 0.25) is 0 Å². The summed E-state index contributed by atoms with van der Waals surface area (Å²) in [5.74, 6) is 0. The van der Waals surface area contributed by atoms with Crippen LogP contribution in [-0.4, -0.2) is 4.57 Å². The summed E-state index contributed by atoms with van der Waals surface area (Å²) in [6.07, 6.45) is 5.09.